The normalized spacial score (nSPS) is 9.90. The molecule has 0 aliphatic rings. The van der Waals surface area contributed by atoms with Crippen LogP contribution in [0.4, 0.5) is 4.39 Å². The van der Waals surface area contributed by atoms with Gasteiger partial charge in [-0.05, 0) is 24.1 Å². The number of hydrogen-bond donors (Lipinski definition) is 2. The van der Waals surface area contributed by atoms with Crippen LogP contribution >= 0.6 is 0 Å². The van der Waals surface area contributed by atoms with Gasteiger partial charge >= 0.3 is 5.97 Å². The van der Waals surface area contributed by atoms with E-state index >= 15 is 0 Å². The molecule has 0 saturated heterocycles. The Morgan fingerprint density at radius 3 is 2.65 bits per heavy atom. The monoisotopic (exact) mass is 282 g/mol. The number of carbonyl (C=O) groups excluding carboxylic acids is 3. The van der Waals surface area contributed by atoms with Crippen LogP contribution in [0, 0.1) is 12.7 Å². The van der Waals surface area contributed by atoms with Gasteiger partial charge in [-0.15, -0.1) is 0 Å². The first-order chi connectivity index (χ1) is 9.38. The first-order valence-corrected chi connectivity index (χ1v) is 5.84. The third-order valence-electron chi connectivity index (χ3n) is 2.41. The number of esters is 1. The Labute approximate surface area is 115 Å². The summed E-state index contributed by atoms with van der Waals surface area (Å²) in [5.74, 6) is -2.60. The van der Waals surface area contributed by atoms with E-state index in [-0.39, 0.29) is 12.4 Å². The highest BCUT2D eigenvalue weighted by Crippen LogP contribution is 2.08. The fourth-order valence-corrected chi connectivity index (χ4v) is 1.34. The van der Waals surface area contributed by atoms with Gasteiger partial charge in [-0.1, -0.05) is 12.1 Å². The molecule has 0 aromatic heterocycles. The molecule has 0 aliphatic heterocycles. The molecule has 1 aromatic carbocycles. The standard InChI is InChI=1S/C13H15FN2O4/c1-8-2-3-9(4-10(8)14)6-16-12(18)7-20-13(19)5-11(15)17/h2-4H,5-7H2,1H3,(H2,15,17)(H,16,18). The van der Waals surface area contributed by atoms with Gasteiger partial charge in [-0.2, -0.15) is 0 Å². The highest BCUT2D eigenvalue weighted by atomic mass is 19.1. The second kappa shape index (κ2) is 7.22. The lowest BCUT2D eigenvalue weighted by Gasteiger charge is -2.07. The van der Waals surface area contributed by atoms with E-state index in [9.17, 15) is 18.8 Å². The van der Waals surface area contributed by atoms with E-state index in [0.717, 1.165) is 0 Å². The van der Waals surface area contributed by atoms with E-state index < -0.39 is 30.8 Å². The number of primary amides is 1. The number of halogens is 1. The molecule has 2 amide bonds. The zero-order valence-electron chi connectivity index (χ0n) is 10.9. The molecule has 0 bridgehead atoms. The summed E-state index contributed by atoms with van der Waals surface area (Å²) >= 11 is 0. The molecule has 0 saturated carbocycles. The number of amides is 2. The molecule has 0 spiro atoms. The summed E-state index contributed by atoms with van der Waals surface area (Å²) in [6.45, 7) is 1.24. The Morgan fingerprint density at radius 2 is 2.05 bits per heavy atom. The number of aryl methyl sites for hydroxylation is 1. The number of rotatable bonds is 6. The van der Waals surface area contributed by atoms with Gasteiger partial charge in [-0.25, -0.2) is 4.39 Å². The molecule has 7 heteroatoms. The Morgan fingerprint density at radius 1 is 1.35 bits per heavy atom. The van der Waals surface area contributed by atoms with Crippen LogP contribution in [0.5, 0.6) is 0 Å². The minimum Gasteiger partial charge on any atom is -0.455 e. The molecular formula is C13H15FN2O4. The lowest BCUT2D eigenvalue weighted by molar-refractivity contribution is -0.150. The molecule has 0 aliphatic carbocycles. The number of nitrogens with one attached hydrogen (secondary N) is 1. The van der Waals surface area contributed by atoms with Gasteiger partial charge < -0.3 is 15.8 Å². The van der Waals surface area contributed by atoms with E-state index in [4.69, 9.17) is 5.73 Å². The number of benzene rings is 1. The Hall–Kier alpha value is -2.44. The van der Waals surface area contributed by atoms with Crippen molar-refractivity contribution in [2.45, 2.75) is 19.9 Å². The van der Waals surface area contributed by atoms with Gasteiger partial charge in [0.1, 0.15) is 12.2 Å². The SMILES string of the molecule is Cc1ccc(CNC(=O)COC(=O)CC(N)=O)cc1F. The Bertz CT molecular complexity index is 531. The molecule has 1 rings (SSSR count). The van der Waals surface area contributed by atoms with Gasteiger partial charge in [0.05, 0.1) is 0 Å². The highest BCUT2D eigenvalue weighted by molar-refractivity contribution is 5.94. The van der Waals surface area contributed by atoms with Crippen LogP contribution in [-0.2, 0) is 25.7 Å². The smallest absolute Gasteiger partial charge is 0.315 e. The van der Waals surface area contributed by atoms with Gasteiger partial charge in [0.2, 0.25) is 5.91 Å². The predicted octanol–water partition coefficient (Wildman–Crippen LogP) is 0.169. The molecule has 0 radical (unpaired) electrons. The molecule has 0 unspecified atom stereocenters. The van der Waals surface area contributed by atoms with E-state index in [1.165, 1.54) is 6.07 Å². The molecule has 6 nitrogen and oxygen atoms in total. The molecular weight excluding hydrogens is 267 g/mol. The third kappa shape index (κ3) is 5.47. The molecule has 1 aromatic rings. The van der Waals surface area contributed by atoms with Gasteiger partial charge in [0.15, 0.2) is 6.61 Å². The molecule has 20 heavy (non-hydrogen) atoms. The zero-order chi connectivity index (χ0) is 15.1. The summed E-state index contributed by atoms with van der Waals surface area (Å²) < 4.78 is 17.8. The van der Waals surface area contributed by atoms with Crippen molar-refractivity contribution in [3.8, 4) is 0 Å². The first-order valence-electron chi connectivity index (χ1n) is 5.84. The van der Waals surface area contributed by atoms with Gasteiger partial charge in [0, 0.05) is 6.54 Å². The average Bonchev–Trinajstić information content (AvgIpc) is 2.37. The zero-order valence-corrected chi connectivity index (χ0v) is 10.9. The maximum atomic E-state index is 13.3. The summed E-state index contributed by atoms with van der Waals surface area (Å²) in [6, 6.07) is 4.59. The first kappa shape index (κ1) is 15.6. The van der Waals surface area contributed by atoms with E-state index in [1.54, 1.807) is 19.1 Å². The summed E-state index contributed by atoms with van der Waals surface area (Å²) in [5, 5.41) is 2.46. The minimum absolute atomic E-state index is 0.114. The fraction of sp³-hybridized carbons (Fsp3) is 0.308. The van der Waals surface area contributed by atoms with Crippen molar-refractivity contribution in [1.29, 1.82) is 0 Å². The van der Waals surface area contributed by atoms with Crippen molar-refractivity contribution < 1.29 is 23.5 Å². The average molecular weight is 282 g/mol. The second-order valence-corrected chi connectivity index (χ2v) is 4.16. The summed E-state index contributed by atoms with van der Waals surface area (Å²) in [5.41, 5.74) is 5.89. The van der Waals surface area contributed by atoms with Crippen LogP contribution in [0.3, 0.4) is 0 Å². The molecule has 0 atom stereocenters. The minimum atomic E-state index is -0.867. The van der Waals surface area contributed by atoms with Crippen molar-refractivity contribution in [3.05, 3.63) is 35.1 Å². The van der Waals surface area contributed by atoms with Crippen LogP contribution in [0.1, 0.15) is 17.5 Å². The maximum Gasteiger partial charge on any atom is 0.315 e. The number of carbonyl (C=O) groups is 3. The third-order valence-corrected chi connectivity index (χ3v) is 2.41. The molecule has 3 N–H and O–H groups in total. The van der Waals surface area contributed by atoms with Crippen LogP contribution in [0.25, 0.3) is 0 Å². The predicted molar refractivity (Wildman–Crippen MR) is 67.8 cm³/mol. The van der Waals surface area contributed by atoms with E-state index in [2.05, 4.69) is 10.1 Å². The lowest BCUT2D eigenvalue weighted by atomic mass is 10.1. The summed E-state index contributed by atoms with van der Waals surface area (Å²) in [4.78, 5) is 32.7. The van der Waals surface area contributed by atoms with Crippen molar-refractivity contribution >= 4 is 17.8 Å². The number of hydrogen-bond acceptors (Lipinski definition) is 4. The van der Waals surface area contributed by atoms with Gasteiger partial charge in [-0.3, -0.25) is 14.4 Å². The highest BCUT2D eigenvalue weighted by Gasteiger charge is 2.10. The molecule has 0 heterocycles. The Kier molecular flexibility index (Phi) is 5.64. The topological polar surface area (TPSA) is 98.5 Å². The largest absolute Gasteiger partial charge is 0.455 e. The van der Waals surface area contributed by atoms with Crippen molar-refractivity contribution in [2.24, 2.45) is 5.73 Å². The lowest BCUT2D eigenvalue weighted by Crippen LogP contribution is -2.29. The summed E-state index contributed by atoms with van der Waals surface area (Å²) in [6.07, 6.45) is -0.573. The van der Waals surface area contributed by atoms with Gasteiger partial charge in [0.25, 0.3) is 5.91 Å². The number of nitrogens with two attached hydrogens (primary N) is 1. The van der Waals surface area contributed by atoms with Crippen LogP contribution < -0.4 is 11.1 Å². The van der Waals surface area contributed by atoms with Crippen LogP contribution in [-0.4, -0.2) is 24.4 Å². The van der Waals surface area contributed by atoms with Crippen LogP contribution in [0.2, 0.25) is 0 Å². The number of ether oxygens (including phenoxy) is 1. The quantitative estimate of drug-likeness (QED) is 0.574. The van der Waals surface area contributed by atoms with E-state index in [0.29, 0.717) is 11.1 Å². The Balaban J connectivity index is 2.34. The van der Waals surface area contributed by atoms with Crippen molar-refractivity contribution in [3.63, 3.8) is 0 Å². The van der Waals surface area contributed by atoms with Crippen molar-refractivity contribution in [1.82, 2.24) is 5.32 Å². The molecule has 0 fully saturated rings. The van der Waals surface area contributed by atoms with E-state index in [1.807, 2.05) is 0 Å². The fourth-order valence-electron chi connectivity index (χ4n) is 1.34. The van der Waals surface area contributed by atoms with Crippen molar-refractivity contribution in [2.75, 3.05) is 6.61 Å². The van der Waals surface area contributed by atoms with Crippen LogP contribution in [0.15, 0.2) is 18.2 Å². The molecule has 108 valence electrons. The summed E-state index contributed by atoms with van der Waals surface area (Å²) in [7, 11) is 0. The second-order valence-electron chi connectivity index (χ2n) is 4.16. The maximum absolute atomic E-state index is 13.3.